The quantitative estimate of drug-likeness (QED) is 0.574. The Morgan fingerprint density at radius 2 is 2.00 bits per heavy atom. The van der Waals surface area contributed by atoms with Crippen LogP contribution in [0.4, 0.5) is 5.69 Å². The molecule has 0 atom stereocenters. The average Bonchev–Trinajstić information content (AvgIpc) is 3.30. The molecule has 0 fully saturated rings. The van der Waals surface area contributed by atoms with Crippen LogP contribution in [-0.4, -0.2) is 26.4 Å². The lowest BCUT2D eigenvalue weighted by Gasteiger charge is -2.10. The highest BCUT2D eigenvalue weighted by atomic mass is 32.1. The van der Waals surface area contributed by atoms with Crippen molar-refractivity contribution in [1.82, 2.24) is 14.5 Å². The maximum Gasteiger partial charge on any atom is 0.244 e. The SMILES string of the molecule is O=C(Cn1c(-c2cncs2)nc2ccccc21)Nc1cccc(C(=O)[O-])c1. The van der Waals surface area contributed by atoms with Gasteiger partial charge in [0.05, 0.1) is 27.4 Å². The van der Waals surface area contributed by atoms with Crippen LogP contribution in [0.3, 0.4) is 0 Å². The lowest BCUT2D eigenvalue weighted by atomic mass is 10.2. The number of aromatic nitrogens is 3. The van der Waals surface area contributed by atoms with Gasteiger partial charge < -0.3 is 19.8 Å². The molecule has 2 aromatic carbocycles. The van der Waals surface area contributed by atoms with Crippen LogP contribution in [0, 0.1) is 0 Å². The minimum Gasteiger partial charge on any atom is -0.545 e. The number of aromatic carboxylic acids is 1. The smallest absolute Gasteiger partial charge is 0.244 e. The summed E-state index contributed by atoms with van der Waals surface area (Å²) < 4.78 is 1.82. The van der Waals surface area contributed by atoms with E-state index in [0.717, 1.165) is 15.9 Å². The summed E-state index contributed by atoms with van der Waals surface area (Å²) in [5, 5.41) is 13.7. The van der Waals surface area contributed by atoms with Crippen LogP contribution in [0.2, 0.25) is 0 Å². The van der Waals surface area contributed by atoms with Crippen LogP contribution >= 0.6 is 11.3 Å². The standard InChI is InChI=1S/C19H14N4O3S/c24-17(21-13-5-3-4-12(8-13)19(25)26)10-23-15-7-2-1-6-14(15)22-18(23)16-9-20-11-27-16/h1-9,11H,10H2,(H,21,24)(H,25,26)/p-1. The first-order valence-corrected chi connectivity index (χ1v) is 8.95. The van der Waals surface area contributed by atoms with Gasteiger partial charge in [-0.3, -0.25) is 9.78 Å². The number of benzene rings is 2. The van der Waals surface area contributed by atoms with Gasteiger partial charge in [-0.25, -0.2) is 4.98 Å². The zero-order valence-electron chi connectivity index (χ0n) is 14.0. The minimum atomic E-state index is -1.29. The number of nitrogens with one attached hydrogen (secondary N) is 1. The Balaban J connectivity index is 1.65. The number of anilines is 1. The third-order valence-electron chi connectivity index (χ3n) is 3.99. The van der Waals surface area contributed by atoms with Crippen LogP contribution in [0.15, 0.2) is 60.2 Å². The van der Waals surface area contributed by atoms with Crippen molar-refractivity contribution in [3.63, 3.8) is 0 Å². The number of rotatable bonds is 5. The second-order valence-corrected chi connectivity index (χ2v) is 6.68. The molecular weight excluding hydrogens is 364 g/mol. The Bertz CT molecular complexity index is 1140. The fraction of sp³-hybridized carbons (Fsp3) is 0.0526. The lowest BCUT2D eigenvalue weighted by Crippen LogP contribution is -2.23. The van der Waals surface area contributed by atoms with Crippen molar-refractivity contribution in [3.8, 4) is 10.7 Å². The molecule has 8 heteroatoms. The first-order chi connectivity index (χ1) is 13.1. The topological polar surface area (TPSA) is 99.9 Å². The van der Waals surface area contributed by atoms with Crippen molar-refractivity contribution < 1.29 is 14.7 Å². The van der Waals surface area contributed by atoms with Gasteiger partial charge in [0.1, 0.15) is 6.54 Å². The Hall–Kier alpha value is -3.52. The van der Waals surface area contributed by atoms with Gasteiger partial charge in [0.25, 0.3) is 0 Å². The number of carboxylic acids is 1. The molecule has 0 unspecified atom stereocenters. The number of para-hydroxylation sites is 2. The van der Waals surface area contributed by atoms with Crippen LogP contribution in [0.5, 0.6) is 0 Å². The number of thiazole rings is 1. The Labute approximate surface area is 157 Å². The summed E-state index contributed by atoms with van der Waals surface area (Å²) in [5.74, 6) is -0.920. The molecule has 2 heterocycles. The third-order valence-corrected chi connectivity index (χ3v) is 4.76. The first kappa shape index (κ1) is 16.9. The number of imidazole rings is 1. The van der Waals surface area contributed by atoms with Gasteiger partial charge in [-0.15, -0.1) is 11.3 Å². The summed E-state index contributed by atoms with van der Waals surface area (Å²) in [6.07, 6.45) is 1.71. The maximum atomic E-state index is 12.6. The van der Waals surface area contributed by atoms with E-state index in [1.807, 2.05) is 28.8 Å². The molecule has 0 saturated carbocycles. The molecule has 1 amide bonds. The number of hydrogen-bond donors (Lipinski definition) is 1. The number of carbonyl (C=O) groups is 2. The number of fused-ring (bicyclic) bond motifs is 1. The molecule has 27 heavy (non-hydrogen) atoms. The van der Waals surface area contributed by atoms with E-state index in [-0.39, 0.29) is 18.0 Å². The van der Waals surface area contributed by atoms with Crippen molar-refractivity contribution in [2.24, 2.45) is 0 Å². The van der Waals surface area contributed by atoms with Gasteiger partial charge in [-0.2, -0.15) is 0 Å². The monoisotopic (exact) mass is 377 g/mol. The van der Waals surface area contributed by atoms with E-state index >= 15 is 0 Å². The van der Waals surface area contributed by atoms with E-state index in [1.54, 1.807) is 23.8 Å². The number of amides is 1. The van der Waals surface area contributed by atoms with Gasteiger partial charge in [0.2, 0.25) is 5.91 Å². The predicted octanol–water partition coefficient (Wildman–Crippen LogP) is 2.16. The summed E-state index contributed by atoms with van der Waals surface area (Å²) >= 11 is 1.44. The molecule has 134 valence electrons. The van der Waals surface area contributed by atoms with E-state index in [0.29, 0.717) is 11.5 Å². The molecule has 0 spiro atoms. The average molecular weight is 377 g/mol. The lowest BCUT2D eigenvalue weighted by molar-refractivity contribution is -0.255. The third kappa shape index (κ3) is 3.42. The van der Waals surface area contributed by atoms with Crippen molar-refractivity contribution in [2.45, 2.75) is 6.54 Å². The second kappa shape index (κ2) is 7.00. The number of nitrogens with zero attached hydrogens (tertiary/aromatic N) is 3. The molecule has 0 radical (unpaired) electrons. The van der Waals surface area contributed by atoms with E-state index in [9.17, 15) is 14.7 Å². The normalized spacial score (nSPS) is 10.8. The Morgan fingerprint density at radius 1 is 1.15 bits per heavy atom. The second-order valence-electron chi connectivity index (χ2n) is 5.79. The van der Waals surface area contributed by atoms with Crippen LogP contribution in [0.25, 0.3) is 21.7 Å². The van der Waals surface area contributed by atoms with E-state index in [1.165, 1.54) is 23.5 Å². The highest BCUT2D eigenvalue weighted by Crippen LogP contribution is 2.27. The zero-order valence-corrected chi connectivity index (χ0v) is 14.8. The van der Waals surface area contributed by atoms with E-state index < -0.39 is 5.97 Å². The largest absolute Gasteiger partial charge is 0.545 e. The molecule has 4 rings (SSSR count). The molecule has 0 aliphatic heterocycles. The maximum absolute atomic E-state index is 12.6. The highest BCUT2D eigenvalue weighted by Gasteiger charge is 2.16. The van der Waals surface area contributed by atoms with Gasteiger partial charge >= 0.3 is 0 Å². The molecule has 0 aliphatic rings. The van der Waals surface area contributed by atoms with Crippen molar-refractivity contribution in [3.05, 3.63) is 65.8 Å². The van der Waals surface area contributed by atoms with Gasteiger partial charge in [0.15, 0.2) is 5.82 Å². The van der Waals surface area contributed by atoms with E-state index in [2.05, 4.69) is 15.3 Å². The van der Waals surface area contributed by atoms with Crippen molar-refractivity contribution in [1.29, 1.82) is 0 Å². The van der Waals surface area contributed by atoms with Crippen molar-refractivity contribution >= 4 is 39.9 Å². The summed E-state index contributed by atoms with van der Waals surface area (Å²) in [4.78, 5) is 33.1. The van der Waals surface area contributed by atoms with Crippen LogP contribution < -0.4 is 10.4 Å². The fourth-order valence-electron chi connectivity index (χ4n) is 2.82. The summed E-state index contributed by atoms with van der Waals surface area (Å²) in [7, 11) is 0. The van der Waals surface area contributed by atoms with Gasteiger partial charge in [-0.05, 0) is 29.8 Å². The molecular formula is C19H13N4O3S-. The Morgan fingerprint density at radius 3 is 2.78 bits per heavy atom. The molecule has 1 N–H and O–H groups in total. The molecule has 0 bridgehead atoms. The van der Waals surface area contributed by atoms with Crippen LogP contribution in [0.1, 0.15) is 10.4 Å². The minimum absolute atomic E-state index is 0.00577. The van der Waals surface area contributed by atoms with Gasteiger partial charge in [0, 0.05) is 11.9 Å². The summed E-state index contributed by atoms with van der Waals surface area (Å²) in [5.41, 5.74) is 3.73. The predicted molar refractivity (Wildman–Crippen MR) is 100 cm³/mol. The number of carbonyl (C=O) groups excluding carboxylic acids is 2. The zero-order chi connectivity index (χ0) is 18.8. The molecule has 7 nitrogen and oxygen atoms in total. The van der Waals surface area contributed by atoms with Crippen LogP contribution in [-0.2, 0) is 11.3 Å². The van der Waals surface area contributed by atoms with Gasteiger partial charge in [-0.1, -0.05) is 24.3 Å². The van der Waals surface area contributed by atoms with E-state index in [4.69, 9.17) is 0 Å². The Kier molecular flexibility index (Phi) is 4.39. The fourth-order valence-corrected chi connectivity index (χ4v) is 3.44. The number of hydrogen-bond acceptors (Lipinski definition) is 6. The molecule has 4 aromatic rings. The summed E-state index contributed by atoms with van der Waals surface area (Å²) in [6.45, 7) is 0.0310. The summed E-state index contributed by atoms with van der Waals surface area (Å²) in [6, 6.07) is 13.5. The molecule has 2 aromatic heterocycles. The molecule has 0 aliphatic carbocycles. The van der Waals surface area contributed by atoms with Crippen molar-refractivity contribution in [2.75, 3.05) is 5.32 Å². The first-order valence-electron chi connectivity index (χ1n) is 8.07. The molecule has 0 saturated heterocycles. The number of carboxylic acid groups (broad SMARTS) is 1. The highest BCUT2D eigenvalue weighted by molar-refractivity contribution is 7.13.